The summed E-state index contributed by atoms with van der Waals surface area (Å²) < 4.78 is 12.9. The first-order valence-electron chi connectivity index (χ1n) is 5.88. The molecule has 1 atom stereocenters. The molecule has 17 heavy (non-hydrogen) atoms. The van der Waals surface area contributed by atoms with E-state index in [4.69, 9.17) is 11.6 Å². The van der Waals surface area contributed by atoms with E-state index in [2.05, 4.69) is 5.32 Å². The Morgan fingerprint density at radius 1 is 1.41 bits per heavy atom. The molecule has 1 aromatic carbocycles. The van der Waals surface area contributed by atoms with Gasteiger partial charge in [0.2, 0.25) is 5.91 Å². The van der Waals surface area contributed by atoms with Gasteiger partial charge in [0.1, 0.15) is 5.82 Å². The van der Waals surface area contributed by atoms with E-state index >= 15 is 0 Å². The Morgan fingerprint density at radius 3 is 3.00 bits per heavy atom. The molecule has 0 aromatic heterocycles. The number of nitrogens with one attached hydrogen (secondary N) is 1. The van der Waals surface area contributed by atoms with Crippen LogP contribution in [0.2, 0.25) is 5.02 Å². The van der Waals surface area contributed by atoms with Crippen LogP contribution in [0.3, 0.4) is 0 Å². The number of carbonyl (C=O) groups excluding carboxylic acids is 1. The standard InChI is InChI=1S/C13H15ClFNO/c14-12-8-11(15)5-4-9(12)7-10-3-1-2-6-16-13(10)17/h4-5,8,10H,1-3,6-7H2,(H,16,17). The minimum Gasteiger partial charge on any atom is -0.356 e. The second-order valence-corrected chi connectivity index (χ2v) is 4.83. The average Bonchev–Trinajstić information content (AvgIpc) is 2.48. The number of hydrogen-bond acceptors (Lipinski definition) is 1. The SMILES string of the molecule is O=C1NCCCCC1Cc1ccc(F)cc1Cl. The summed E-state index contributed by atoms with van der Waals surface area (Å²) in [5.41, 5.74) is 0.843. The van der Waals surface area contributed by atoms with Crippen LogP contribution in [0.4, 0.5) is 4.39 Å². The van der Waals surface area contributed by atoms with Gasteiger partial charge in [-0.05, 0) is 37.0 Å². The Kier molecular flexibility index (Phi) is 4.00. The summed E-state index contributed by atoms with van der Waals surface area (Å²) in [6.45, 7) is 0.756. The van der Waals surface area contributed by atoms with Crippen LogP contribution < -0.4 is 5.32 Å². The van der Waals surface area contributed by atoms with Crippen molar-refractivity contribution in [2.24, 2.45) is 5.92 Å². The van der Waals surface area contributed by atoms with Crippen molar-refractivity contribution in [3.63, 3.8) is 0 Å². The van der Waals surface area contributed by atoms with Gasteiger partial charge in [-0.25, -0.2) is 4.39 Å². The lowest BCUT2D eigenvalue weighted by atomic mass is 9.94. The molecule has 1 amide bonds. The van der Waals surface area contributed by atoms with E-state index in [0.717, 1.165) is 31.4 Å². The Labute approximate surface area is 105 Å². The lowest BCUT2D eigenvalue weighted by Crippen LogP contribution is -2.30. The Balaban J connectivity index is 2.10. The molecule has 1 unspecified atom stereocenters. The van der Waals surface area contributed by atoms with E-state index in [-0.39, 0.29) is 17.6 Å². The fourth-order valence-electron chi connectivity index (χ4n) is 2.15. The molecular weight excluding hydrogens is 241 g/mol. The van der Waals surface area contributed by atoms with Crippen LogP contribution in [-0.2, 0) is 11.2 Å². The van der Waals surface area contributed by atoms with E-state index in [1.807, 2.05) is 0 Å². The van der Waals surface area contributed by atoms with Crippen LogP contribution in [0.1, 0.15) is 24.8 Å². The quantitative estimate of drug-likeness (QED) is 0.865. The minimum atomic E-state index is -0.343. The second-order valence-electron chi connectivity index (χ2n) is 4.42. The zero-order chi connectivity index (χ0) is 12.3. The summed E-state index contributed by atoms with van der Waals surface area (Å²) in [5, 5.41) is 3.29. The fourth-order valence-corrected chi connectivity index (χ4v) is 2.39. The lowest BCUT2D eigenvalue weighted by molar-refractivity contribution is -0.124. The maximum atomic E-state index is 12.9. The van der Waals surface area contributed by atoms with Crippen LogP contribution in [0.5, 0.6) is 0 Å². The number of benzene rings is 1. The third kappa shape index (κ3) is 3.19. The van der Waals surface area contributed by atoms with Gasteiger partial charge < -0.3 is 5.32 Å². The van der Waals surface area contributed by atoms with Crippen molar-refractivity contribution in [1.29, 1.82) is 0 Å². The molecule has 0 aliphatic carbocycles. The Hall–Kier alpha value is -1.09. The normalized spacial score (nSPS) is 20.8. The molecule has 2 rings (SSSR count). The van der Waals surface area contributed by atoms with Crippen molar-refractivity contribution in [2.45, 2.75) is 25.7 Å². The predicted octanol–water partition coefficient (Wildman–Crippen LogP) is 2.94. The molecule has 92 valence electrons. The number of carbonyl (C=O) groups is 1. The third-order valence-corrected chi connectivity index (χ3v) is 3.48. The molecule has 1 aliphatic rings. The molecule has 1 saturated heterocycles. The summed E-state index contributed by atoms with van der Waals surface area (Å²) >= 11 is 5.97. The fraction of sp³-hybridized carbons (Fsp3) is 0.462. The number of rotatable bonds is 2. The number of halogens is 2. The molecule has 1 aromatic rings. The molecule has 2 nitrogen and oxygen atoms in total. The monoisotopic (exact) mass is 255 g/mol. The van der Waals surface area contributed by atoms with Crippen molar-refractivity contribution < 1.29 is 9.18 Å². The lowest BCUT2D eigenvalue weighted by Gasteiger charge is -2.13. The van der Waals surface area contributed by atoms with Crippen LogP contribution in [0.25, 0.3) is 0 Å². The van der Waals surface area contributed by atoms with Gasteiger partial charge in [0.25, 0.3) is 0 Å². The van der Waals surface area contributed by atoms with Crippen molar-refractivity contribution in [2.75, 3.05) is 6.54 Å². The van der Waals surface area contributed by atoms with E-state index in [1.54, 1.807) is 6.07 Å². The summed E-state index contributed by atoms with van der Waals surface area (Å²) in [6.07, 6.45) is 3.53. The van der Waals surface area contributed by atoms with Crippen molar-refractivity contribution in [1.82, 2.24) is 5.32 Å². The molecule has 0 radical (unpaired) electrons. The van der Waals surface area contributed by atoms with Crippen LogP contribution in [0, 0.1) is 11.7 Å². The van der Waals surface area contributed by atoms with Gasteiger partial charge in [0, 0.05) is 17.5 Å². The molecule has 1 N–H and O–H groups in total. The molecule has 0 spiro atoms. The highest BCUT2D eigenvalue weighted by Crippen LogP contribution is 2.24. The predicted molar refractivity (Wildman–Crippen MR) is 65.5 cm³/mol. The Bertz CT molecular complexity index is 422. The first kappa shape index (κ1) is 12.4. The van der Waals surface area contributed by atoms with Crippen LogP contribution >= 0.6 is 11.6 Å². The van der Waals surface area contributed by atoms with Crippen molar-refractivity contribution in [3.8, 4) is 0 Å². The highest BCUT2D eigenvalue weighted by molar-refractivity contribution is 6.31. The van der Waals surface area contributed by atoms with E-state index in [0.29, 0.717) is 11.4 Å². The van der Waals surface area contributed by atoms with Crippen LogP contribution in [0.15, 0.2) is 18.2 Å². The zero-order valence-electron chi connectivity index (χ0n) is 9.51. The molecule has 0 saturated carbocycles. The van der Waals surface area contributed by atoms with Gasteiger partial charge in [0.15, 0.2) is 0 Å². The minimum absolute atomic E-state index is 0.0412. The van der Waals surface area contributed by atoms with Crippen LogP contribution in [-0.4, -0.2) is 12.5 Å². The molecule has 4 heteroatoms. The maximum absolute atomic E-state index is 12.9. The highest BCUT2D eigenvalue weighted by Gasteiger charge is 2.21. The van der Waals surface area contributed by atoms with Crippen molar-refractivity contribution in [3.05, 3.63) is 34.6 Å². The van der Waals surface area contributed by atoms with Gasteiger partial charge in [-0.1, -0.05) is 24.1 Å². The molecule has 0 bridgehead atoms. The summed E-state index contributed by atoms with van der Waals surface area (Å²) in [4.78, 5) is 11.8. The zero-order valence-corrected chi connectivity index (χ0v) is 10.3. The number of amides is 1. The molecule has 1 aliphatic heterocycles. The Morgan fingerprint density at radius 2 is 2.24 bits per heavy atom. The smallest absolute Gasteiger partial charge is 0.223 e. The summed E-state index contributed by atoms with van der Waals surface area (Å²) in [6, 6.07) is 4.34. The van der Waals surface area contributed by atoms with Gasteiger partial charge in [-0.2, -0.15) is 0 Å². The first-order chi connectivity index (χ1) is 8.16. The molecule has 1 heterocycles. The van der Waals surface area contributed by atoms with Gasteiger partial charge in [0.05, 0.1) is 0 Å². The summed E-state index contributed by atoms with van der Waals surface area (Å²) in [5.74, 6) is -0.299. The highest BCUT2D eigenvalue weighted by atomic mass is 35.5. The largest absolute Gasteiger partial charge is 0.356 e. The molecular formula is C13H15ClFNO. The van der Waals surface area contributed by atoms with Gasteiger partial charge in [-0.15, -0.1) is 0 Å². The van der Waals surface area contributed by atoms with Crippen molar-refractivity contribution >= 4 is 17.5 Å². The number of hydrogen-bond donors (Lipinski definition) is 1. The van der Waals surface area contributed by atoms with Gasteiger partial charge >= 0.3 is 0 Å². The molecule has 1 fully saturated rings. The maximum Gasteiger partial charge on any atom is 0.223 e. The summed E-state index contributed by atoms with van der Waals surface area (Å²) in [7, 11) is 0. The second kappa shape index (κ2) is 5.50. The average molecular weight is 256 g/mol. The van der Waals surface area contributed by atoms with E-state index in [1.165, 1.54) is 12.1 Å². The van der Waals surface area contributed by atoms with E-state index in [9.17, 15) is 9.18 Å². The topological polar surface area (TPSA) is 29.1 Å². The van der Waals surface area contributed by atoms with Gasteiger partial charge in [-0.3, -0.25) is 4.79 Å². The van der Waals surface area contributed by atoms with E-state index < -0.39 is 0 Å². The first-order valence-corrected chi connectivity index (χ1v) is 6.26. The third-order valence-electron chi connectivity index (χ3n) is 3.13.